The van der Waals surface area contributed by atoms with Crippen LogP contribution in [0, 0.1) is 5.92 Å². The van der Waals surface area contributed by atoms with Crippen LogP contribution in [0.1, 0.15) is 56.7 Å². The van der Waals surface area contributed by atoms with Crippen LogP contribution in [-0.4, -0.2) is 14.7 Å². The minimum Gasteiger partial charge on any atom is -0.390 e. The first-order valence-corrected chi connectivity index (χ1v) is 6.34. The van der Waals surface area contributed by atoms with Gasteiger partial charge in [0.25, 0.3) is 0 Å². The van der Waals surface area contributed by atoms with Gasteiger partial charge in [0, 0.05) is 18.9 Å². The van der Waals surface area contributed by atoms with E-state index >= 15 is 0 Å². The third kappa shape index (κ3) is 1.88. The predicted octanol–water partition coefficient (Wildman–Crippen LogP) is 2.47. The van der Waals surface area contributed by atoms with Crippen LogP contribution in [0.5, 0.6) is 0 Å². The lowest BCUT2D eigenvalue weighted by Gasteiger charge is -2.17. The Morgan fingerprint density at radius 2 is 2.06 bits per heavy atom. The van der Waals surface area contributed by atoms with Crippen LogP contribution in [0.4, 0.5) is 0 Å². The molecular formula is C13H22N2O. The van der Waals surface area contributed by atoms with E-state index in [2.05, 4.69) is 25.3 Å². The van der Waals surface area contributed by atoms with Crippen LogP contribution in [0.3, 0.4) is 0 Å². The molecule has 1 aromatic heterocycles. The quantitative estimate of drug-likeness (QED) is 0.853. The fraction of sp³-hybridized carbons (Fsp3) is 0.769. The molecule has 1 atom stereocenters. The molecule has 1 aliphatic rings. The Morgan fingerprint density at radius 3 is 2.69 bits per heavy atom. The summed E-state index contributed by atoms with van der Waals surface area (Å²) >= 11 is 0. The van der Waals surface area contributed by atoms with Crippen molar-refractivity contribution in [3.8, 4) is 0 Å². The normalized spacial score (nSPS) is 17.6. The number of hydrogen-bond donors (Lipinski definition) is 1. The zero-order valence-electron chi connectivity index (χ0n) is 10.5. The molecule has 90 valence electrons. The number of fused-ring (bicyclic) bond motifs is 1. The van der Waals surface area contributed by atoms with Gasteiger partial charge in [0.05, 0.1) is 18.0 Å². The lowest BCUT2D eigenvalue weighted by Crippen LogP contribution is -2.13. The zero-order valence-corrected chi connectivity index (χ0v) is 10.5. The molecule has 1 aromatic rings. The number of hydrogen-bond acceptors (Lipinski definition) is 2. The molecule has 3 nitrogen and oxygen atoms in total. The van der Waals surface area contributed by atoms with E-state index < -0.39 is 0 Å². The van der Waals surface area contributed by atoms with Gasteiger partial charge >= 0.3 is 0 Å². The summed E-state index contributed by atoms with van der Waals surface area (Å²) in [7, 11) is 0. The van der Waals surface area contributed by atoms with Gasteiger partial charge < -0.3 is 9.67 Å². The van der Waals surface area contributed by atoms with Crippen LogP contribution >= 0.6 is 0 Å². The summed E-state index contributed by atoms with van der Waals surface area (Å²) in [4.78, 5) is 4.75. The molecule has 0 radical (unpaired) electrons. The number of nitrogens with zero attached hydrogens (tertiary/aromatic N) is 2. The van der Waals surface area contributed by atoms with Crippen molar-refractivity contribution in [3.05, 3.63) is 17.2 Å². The summed E-state index contributed by atoms with van der Waals surface area (Å²) < 4.78 is 2.23. The monoisotopic (exact) mass is 222 g/mol. The molecule has 0 unspecified atom stereocenters. The molecular weight excluding hydrogens is 200 g/mol. The highest BCUT2D eigenvalue weighted by Crippen LogP contribution is 2.29. The van der Waals surface area contributed by atoms with Gasteiger partial charge in [-0.15, -0.1) is 0 Å². The van der Waals surface area contributed by atoms with E-state index in [4.69, 9.17) is 4.98 Å². The van der Waals surface area contributed by atoms with E-state index in [1.807, 2.05) is 0 Å². The van der Waals surface area contributed by atoms with Crippen molar-refractivity contribution < 1.29 is 5.11 Å². The summed E-state index contributed by atoms with van der Waals surface area (Å²) in [5.41, 5.74) is 2.17. The minimum atomic E-state index is 0.124. The van der Waals surface area contributed by atoms with Gasteiger partial charge in [-0.05, 0) is 18.8 Å². The fourth-order valence-corrected chi connectivity index (χ4v) is 2.41. The Morgan fingerprint density at radius 1 is 1.31 bits per heavy atom. The maximum Gasteiger partial charge on any atom is 0.109 e. The van der Waals surface area contributed by atoms with Gasteiger partial charge in [-0.2, -0.15) is 0 Å². The Kier molecular flexibility index (Phi) is 3.33. The molecule has 0 saturated carbocycles. The molecule has 2 rings (SSSR count). The first-order chi connectivity index (χ1) is 7.65. The average Bonchev–Trinajstić information content (AvgIpc) is 2.65. The van der Waals surface area contributed by atoms with Crippen molar-refractivity contribution in [2.24, 2.45) is 5.92 Å². The molecule has 16 heavy (non-hydrogen) atoms. The van der Waals surface area contributed by atoms with Crippen LogP contribution < -0.4 is 0 Å². The molecule has 0 aliphatic carbocycles. The third-order valence-electron chi connectivity index (χ3n) is 3.80. The van der Waals surface area contributed by atoms with E-state index in [1.165, 1.54) is 18.7 Å². The molecule has 0 aromatic carbocycles. The highest BCUT2D eigenvalue weighted by molar-refractivity contribution is 5.22. The van der Waals surface area contributed by atoms with Crippen molar-refractivity contribution in [1.29, 1.82) is 0 Å². The largest absolute Gasteiger partial charge is 0.390 e. The Labute approximate surface area is 97.5 Å². The lowest BCUT2D eigenvalue weighted by molar-refractivity contribution is 0.265. The van der Waals surface area contributed by atoms with Gasteiger partial charge in [0.15, 0.2) is 0 Å². The molecule has 0 spiro atoms. The molecule has 2 heterocycles. The number of imidazole rings is 1. The van der Waals surface area contributed by atoms with Crippen molar-refractivity contribution >= 4 is 0 Å². The number of aryl methyl sites for hydroxylation is 1. The van der Waals surface area contributed by atoms with Crippen molar-refractivity contribution in [3.63, 3.8) is 0 Å². The molecule has 0 saturated heterocycles. The van der Waals surface area contributed by atoms with Crippen LogP contribution in [0.2, 0.25) is 0 Å². The van der Waals surface area contributed by atoms with Crippen molar-refractivity contribution in [2.45, 2.75) is 59.1 Å². The molecule has 3 heteroatoms. The van der Waals surface area contributed by atoms with E-state index in [0.29, 0.717) is 11.8 Å². The summed E-state index contributed by atoms with van der Waals surface area (Å²) in [5, 5.41) is 9.53. The number of rotatable bonds is 3. The topological polar surface area (TPSA) is 38.0 Å². The first-order valence-electron chi connectivity index (χ1n) is 6.34. The second-order valence-corrected chi connectivity index (χ2v) is 5.16. The summed E-state index contributed by atoms with van der Waals surface area (Å²) in [5.74, 6) is 2.18. The van der Waals surface area contributed by atoms with Crippen molar-refractivity contribution in [1.82, 2.24) is 9.55 Å². The molecule has 1 aliphatic heterocycles. The smallest absolute Gasteiger partial charge is 0.109 e. The third-order valence-corrected chi connectivity index (χ3v) is 3.80. The molecule has 0 amide bonds. The SMILES string of the molecule is CC(C)[C@H](C)c1nc2n(c1CO)CCCC2. The van der Waals surface area contributed by atoms with E-state index in [0.717, 1.165) is 24.4 Å². The van der Waals surface area contributed by atoms with Gasteiger partial charge in [-0.1, -0.05) is 20.8 Å². The van der Waals surface area contributed by atoms with Gasteiger partial charge in [-0.25, -0.2) is 4.98 Å². The van der Waals surface area contributed by atoms with E-state index in [1.54, 1.807) is 0 Å². The number of aliphatic hydroxyl groups is 1. The second-order valence-electron chi connectivity index (χ2n) is 5.16. The second kappa shape index (κ2) is 4.58. The summed E-state index contributed by atoms with van der Waals surface area (Å²) in [6.07, 6.45) is 3.51. The van der Waals surface area contributed by atoms with E-state index in [-0.39, 0.29) is 6.61 Å². The minimum absolute atomic E-state index is 0.124. The van der Waals surface area contributed by atoms with Crippen LogP contribution in [-0.2, 0) is 19.6 Å². The zero-order chi connectivity index (χ0) is 11.7. The Hall–Kier alpha value is -0.830. The predicted molar refractivity (Wildman–Crippen MR) is 64.3 cm³/mol. The maximum absolute atomic E-state index is 9.53. The molecule has 1 N–H and O–H groups in total. The highest BCUT2D eigenvalue weighted by Gasteiger charge is 2.23. The van der Waals surface area contributed by atoms with Gasteiger partial charge in [0.2, 0.25) is 0 Å². The van der Waals surface area contributed by atoms with Gasteiger partial charge in [-0.3, -0.25) is 0 Å². The molecule has 0 fully saturated rings. The fourth-order valence-electron chi connectivity index (χ4n) is 2.41. The van der Waals surface area contributed by atoms with Gasteiger partial charge in [0.1, 0.15) is 5.82 Å². The number of aromatic nitrogens is 2. The standard InChI is InChI=1S/C13H22N2O/c1-9(2)10(3)13-11(8-16)15-7-5-4-6-12(15)14-13/h9-10,16H,4-8H2,1-3H3/t10-/m0/s1. The average molecular weight is 222 g/mol. The Bertz CT molecular complexity index is 368. The highest BCUT2D eigenvalue weighted by atomic mass is 16.3. The number of aliphatic hydroxyl groups excluding tert-OH is 1. The Balaban J connectivity index is 2.41. The van der Waals surface area contributed by atoms with Crippen LogP contribution in [0.25, 0.3) is 0 Å². The molecule has 0 bridgehead atoms. The summed E-state index contributed by atoms with van der Waals surface area (Å²) in [6, 6.07) is 0. The van der Waals surface area contributed by atoms with Crippen molar-refractivity contribution in [2.75, 3.05) is 0 Å². The summed E-state index contributed by atoms with van der Waals surface area (Å²) in [6.45, 7) is 7.79. The first kappa shape index (κ1) is 11.6. The maximum atomic E-state index is 9.53. The van der Waals surface area contributed by atoms with Crippen LogP contribution in [0.15, 0.2) is 0 Å². The van der Waals surface area contributed by atoms with E-state index in [9.17, 15) is 5.11 Å². The lowest BCUT2D eigenvalue weighted by atomic mass is 9.93.